The summed E-state index contributed by atoms with van der Waals surface area (Å²) in [7, 11) is 4.03. The number of hydrogen-bond donors (Lipinski definition) is 3. The van der Waals surface area contributed by atoms with E-state index >= 15 is 0 Å². The van der Waals surface area contributed by atoms with Crippen molar-refractivity contribution in [2.75, 3.05) is 27.2 Å². The third-order valence-corrected chi connectivity index (χ3v) is 3.38. The van der Waals surface area contributed by atoms with Gasteiger partial charge in [0.2, 0.25) is 0 Å². The van der Waals surface area contributed by atoms with Crippen molar-refractivity contribution < 1.29 is 15.0 Å². The van der Waals surface area contributed by atoms with Crippen molar-refractivity contribution in [3.8, 4) is 0 Å². The van der Waals surface area contributed by atoms with Crippen LogP contribution in [0.3, 0.4) is 0 Å². The molecule has 0 aromatic heterocycles. The van der Waals surface area contributed by atoms with Crippen LogP contribution in [-0.2, 0) is 4.79 Å². The Labute approximate surface area is 126 Å². The molecule has 2 unspecified atom stereocenters. The first-order chi connectivity index (χ1) is 10.0. The van der Waals surface area contributed by atoms with Crippen molar-refractivity contribution in [1.82, 2.24) is 10.2 Å². The summed E-state index contributed by atoms with van der Waals surface area (Å²) >= 11 is 0. The Hall–Kier alpha value is -1.43. The number of hydrogen-bond acceptors (Lipinski definition) is 4. The minimum Gasteiger partial charge on any atom is -0.481 e. The maximum Gasteiger partial charge on any atom is 0.303 e. The van der Waals surface area contributed by atoms with Crippen LogP contribution in [0.2, 0.25) is 0 Å². The largest absolute Gasteiger partial charge is 0.481 e. The Kier molecular flexibility index (Phi) is 7.97. The molecule has 0 bridgehead atoms. The van der Waals surface area contributed by atoms with E-state index < -0.39 is 12.1 Å². The molecule has 3 N–H and O–H groups in total. The number of nitrogens with zero attached hydrogens (tertiary/aromatic N) is 1. The summed E-state index contributed by atoms with van der Waals surface area (Å²) in [4.78, 5) is 12.9. The molecule has 0 radical (unpaired) electrons. The van der Waals surface area contributed by atoms with Crippen molar-refractivity contribution in [3.05, 3.63) is 35.9 Å². The Balaban J connectivity index is 2.56. The fourth-order valence-corrected chi connectivity index (χ4v) is 2.22. The van der Waals surface area contributed by atoms with Crippen LogP contribution in [0.4, 0.5) is 0 Å². The molecule has 0 fully saturated rings. The van der Waals surface area contributed by atoms with E-state index in [0.717, 1.165) is 25.1 Å². The number of aliphatic hydroxyl groups is 1. The molecule has 0 spiro atoms. The second kappa shape index (κ2) is 9.50. The van der Waals surface area contributed by atoms with Gasteiger partial charge in [-0.25, -0.2) is 0 Å². The lowest BCUT2D eigenvalue weighted by molar-refractivity contribution is -0.137. The number of carboxylic acids is 1. The lowest BCUT2D eigenvalue weighted by Crippen LogP contribution is -2.37. The van der Waals surface area contributed by atoms with Crippen molar-refractivity contribution in [3.63, 3.8) is 0 Å². The van der Waals surface area contributed by atoms with Crippen LogP contribution in [0.25, 0.3) is 0 Å². The molecule has 5 heteroatoms. The number of aliphatic carboxylic acids is 1. The van der Waals surface area contributed by atoms with E-state index in [0.29, 0.717) is 6.42 Å². The molecular formula is C16H26N2O3. The normalized spacial score (nSPS) is 14.1. The Bertz CT molecular complexity index is 409. The Morgan fingerprint density at radius 3 is 2.52 bits per heavy atom. The molecule has 0 amide bonds. The van der Waals surface area contributed by atoms with Gasteiger partial charge in [-0.05, 0) is 45.6 Å². The van der Waals surface area contributed by atoms with Crippen LogP contribution < -0.4 is 5.32 Å². The van der Waals surface area contributed by atoms with E-state index in [1.165, 1.54) is 0 Å². The van der Waals surface area contributed by atoms with Crippen molar-refractivity contribution in [2.45, 2.75) is 31.4 Å². The SMILES string of the molecule is CN(C)CCCNC(CCC(=O)O)C(O)c1ccccc1. The Morgan fingerprint density at radius 1 is 1.29 bits per heavy atom. The van der Waals surface area contributed by atoms with Crippen LogP contribution in [0.5, 0.6) is 0 Å². The standard InChI is InChI=1S/C16H26N2O3/c1-18(2)12-6-11-17-14(9-10-15(19)20)16(21)13-7-4-3-5-8-13/h3-5,7-8,14,16-17,21H,6,9-12H2,1-2H3,(H,19,20). The first kappa shape index (κ1) is 17.6. The first-order valence-electron chi connectivity index (χ1n) is 7.33. The van der Waals surface area contributed by atoms with Crippen LogP contribution in [0, 0.1) is 0 Å². The second-order valence-corrected chi connectivity index (χ2v) is 5.51. The van der Waals surface area contributed by atoms with Crippen LogP contribution in [0.1, 0.15) is 30.9 Å². The number of benzene rings is 1. The zero-order chi connectivity index (χ0) is 15.7. The predicted octanol–water partition coefficient (Wildman–Crippen LogP) is 1.49. The van der Waals surface area contributed by atoms with Gasteiger partial charge in [-0.15, -0.1) is 0 Å². The van der Waals surface area contributed by atoms with Crippen molar-refractivity contribution >= 4 is 5.97 Å². The molecule has 0 heterocycles. The van der Waals surface area contributed by atoms with Gasteiger partial charge in [0.05, 0.1) is 6.10 Å². The summed E-state index contributed by atoms with van der Waals surface area (Å²) in [5, 5.41) is 22.6. The van der Waals surface area contributed by atoms with E-state index in [4.69, 9.17) is 5.11 Å². The molecule has 0 saturated carbocycles. The van der Waals surface area contributed by atoms with Crippen molar-refractivity contribution in [1.29, 1.82) is 0 Å². The molecule has 0 saturated heterocycles. The van der Waals surface area contributed by atoms with Gasteiger partial charge < -0.3 is 20.4 Å². The van der Waals surface area contributed by atoms with Crippen LogP contribution in [0.15, 0.2) is 30.3 Å². The summed E-state index contributed by atoms with van der Waals surface area (Å²) in [5.41, 5.74) is 0.813. The van der Waals surface area contributed by atoms with Gasteiger partial charge in [-0.1, -0.05) is 30.3 Å². The lowest BCUT2D eigenvalue weighted by Gasteiger charge is -2.24. The number of carboxylic acid groups (broad SMARTS) is 1. The number of aliphatic hydroxyl groups excluding tert-OH is 1. The predicted molar refractivity (Wildman–Crippen MR) is 83.2 cm³/mol. The average molecular weight is 294 g/mol. The van der Waals surface area contributed by atoms with Gasteiger partial charge >= 0.3 is 5.97 Å². The van der Waals surface area contributed by atoms with Crippen LogP contribution in [-0.4, -0.2) is 54.3 Å². The van der Waals surface area contributed by atoms with E-state index in [9.17, 15) is 9.90 Å². The minimum absolute atomic E-state index is 0.0508. The van der Waals surface area contributed by atoms with Gasteiger partial charge in [0.25, 0.3) is 0 Å². The van der Waals surface area contributed by atoms with E-state index in [1.807, 2.05) is 44.4 Å². The topological polar surface area (TPSA) is 72.8 Å². The highest BCUT2D eigenvalue weighted by Gasteiger charge is 2.21. The van der Waals surface area contributed by atoms with E-state index in [-0.39, 0.29) is 12.5 Å². The molecular weight excluding hydrogens is 268 g/mol. The average Bonchev–Trinajstić information content (AvgIpc) is 2.46. The summed E-state index contributed by atoms with van der Waals surface area (Å²) in [5.74, 6) is -0.838. The second-order valence-electron chi connectivity index (χ2n) is 5.51. The molecule has 1 aromatic carbocycles. The van der Waals surface area contributed by atoms with E-state index in [2.05, 4.69) is 10.2 Å². The summed E-state index contributed by atoms with van der Waals surface area (Å²) < 4.78 is 0. The van der Waals surface area contributed by atoms with Gasteiger partial charge in [-0.2, -0.15) is 0 Å². The van der Waals surface area contributed by atoms with Gasteiger partial charge in [-0.3, -0.25) is 4.79 Å². The zero-order valence-corrected chi connectivity index (χ0v) is 12.8. The van der Waals surface area contributed by atoms with E-state index in [1.54, 1.807) is 0 Å². The molecule has 5 nitrogen and oxygen atoms in total. The van der Waals surface area contributed by atoms with Gasteiger partial charge in [0.15, 0.2) is 0 Å². The quantitative estimate of drug-likeness (QED) is 0.570. The maximum atomic E-state index is 10.8. The van der Waals surface area contributed by atoms with Gasteiger partial charge in [0.1, 0.15) is 0 Å². The Morgan fingerprint density at radius 2 is 1.95 bits per heavy atom. The fourth-order valence-electron chi connectivity index (χ4n) is 2.22. The number of rotatable bonds is 10. The highest BCUT2D eigenvalue weighted by Crippen LogP contribution is 2.19. The third-order valence-electron chi connectivity index (χ3n) is 3.38. The minimum atomic E-state index is -0.838. The molecule has 21 heavy (non-hydrogen) atoms. The first-order valence-corrected chi connectivity index (χ1v) is 7.33. The summed E-state index contributed by atoms with van der Waals surface area (Å²) in [6.07, 6.45) is 0.727. The number of carbonyl (C=O) groups is 1. The van der Waals surface area contributed by atoms with Crippen molar-refractivity contribution in [2.24, 2.45) is 0 Å². The van der Waals surface area contributed by atoms with Gasteiger partial charge in [0, 0.05) is 12.5 Å². The van der Waals surface area contributed by atoms with Crippen LogP contribution >= 0.6 is 0 Å². The molecule has 2 atom stereocenters. The maximum absolute atomic E-state index is 10.8. The molecule has 118 valence electrons. The monoisotopic (exact) mass is 294 g/mol. The summed E-state index contributed by atoms with van der Waals surface area (Å²) in [6, 6.07) is 9.12. The number of nitrogens with one attached hydrogen (secondary N) is 1. The summed E-state index contributed by atoms with van der Waals surface area (Å²) in [6.45, 7) is 1.71. The fraction of sp³-hybridized carbons (Fsp3) is 0.562. The molecule has 0 aliphatic rings. The zero-order valence-electron chi connectivity index (χ0n) is 12.8. The molecule has 0 aliphatic carbocycles. The molecule has 1 aromatic rings. The molecule has 1 rings (SSSR count). The lowest BCUT2D eigenvalue weighted by atomic mass is 9.98. The smallest absolute Gasteiger partial charge is 0.303 e. The highest BCUT2D eigenvalue weighted by molar-refractivity contribution is 5.66. The third kappa shape index (κ3) is 7.22. The molecule has 0 aliphatic heterocycles. The highest BCUT2D eigenvalue weighted by atomic mass is 16.4.